The lowest BCUT2D eigenvalue weighted by Crippen LogP contribution is -2.39. The molecule has 3 aromatic rings. The summed E-state index contributed by atoms with van der Waals surface area (Å²) in [6.07, 6.45) is 0.226. The zero-order valence-electron chi connectivity index (χ0n) is 15.2. The number of sulfonamides is 1. The van der Waals surface area contributed by atoms with E-state index in [1.807, 2.05) is 0 Å². The Kier molecular flexibility index (Phi) is 5.01. The summed E-state index contributed by atoms with van der Waals surface area (Å²) in [5.74, 6) is -1.01. The van der Waals surface area contributed by atoms with Crippen molar-refractivity contribution in [3.63, 3.8) is 0 Å². The average molecular weight is 417 g/mol. The van der Waals surface area contributed by atoms with Crippen LogP contribution in [0.3, 0.4) is 0 Å². The molecule has 9 heteroatoms. The molecular formula is C20H17F2N3O3S. The van der Waals surface area contributed by atoms with Crippen LogP contribution >= 0.6 is 0 Å². The monoisotopic (exact) mass is 417 g/mol. The number of fused-ring (bicyclic) bond motifs is 1. The molecule has 1 aliphatic heterocycles. The summed E-state index contributed by atoms with van der Waals surface area (Å²) in [6, 6.07) is 10.9. The van der Waals surface area contributed by atoms with E-state index in [2.05, 4.69) is 9.97 Å². The minimum atomic E-state index is -3.73. The molecule has 0 fully saturated rings. The number of nitrogens with one attached hydrogen (secondary N) is 1. The fourth-order valence-electron chi connectivity index (χ4n) is 3.33. The number of halogens is 2. The summed E-state index contributed by atoms with van der Waals surface area (Å²) in [5, 5.41) is 0. The van der Waals surface area contributed by atoms with Gasteiger partial charge in [0, 0.05) is 17.7 Å². The molecule has 2 heterocycles. The number of rotatable bonds is 4. The fraction of sp³-hybridized carbons (Fsp3) is 0.200. The van der Waals surface area contributed by atoms with Crippen LogP contribution in [0, 0.1) is 11.6 Å². The van der Waals surface area contributed by atoms with Crippen molar-refractivity contribution in [1.82, 2.24) is 14.3 Å². The van der Waals surface area contributed by atoms with Crippen molar-refractivity contribution in [2.45, 2.75) is 18.7 Å². The fourth-order valence-corrected chi connectivity index (χ4v) is 4.80. The van der Waals surface area contributed by atoms with Crippen molar-refractivity contribution >= 4 is 10.0 Å². The first-order valence-electron chi connectivity index (χ1n) is 8.92. The Morgan fingerprint density at radius 2 is 1.83 bits per heavy atom. The molecule has 4 rings (SSSR count). The van der Waals surface area contributed by atoms with Crippen LogP contribution < -0.4 is 5.56 Å². The molecule has 0 atom stereocenters. The molecule has 0 saturated heterocycles. The first-order chi connectivity index (χ1) is 13.8. The van der Waals surface area contributed by atoms with E-state index in [-0.39, 0.29) is 36.6 Å². The molecule has 6 nitrogen and oxygen atoms in total. The second-order valence-electron chi connectivity index (χ2n) is 6.82. The van der Waals surface area contributed by atoms with Crippen molar-refractivity contribution in [3.05, 3.63) is 87.3 Å². The van der Waals surface area contributed by atoms with Gasteiger partial charge in [-0.3, -0.25) is 4.79 Å². The molecule has 1 aromatic heterocycles. The minimum Gasteiger partial charge on any atom is -0.306 e. The van der Waals surface area contributed by atoms with Crippen LogP contribution in [0.1, 0.15) is 16.8 Å². The molecule has 2 aromatic carbocycles. The second kappa shape index (κ2) is 7.49. The summed E-state index contributed by atoms with van der Waals surface area (Å²) in [4.78, 5) is 19.5. The van der Waals surface area contributed by atoms with Crippen molar-refractivity contribution in [2.75, 3.05) is 6.54 Å². The first-order valence-corrected chi connectivity index (χ1v) is 10.5. The average Bonchev–Trinajstić information content (AvgIpc) is 2.67. The molecule has 0 radical (unpaired) electrons. The largest absolute Gasteiger partial charge is 0.306 e. The van der Waals surface area contributed by atoms with Crippen molar-refractivity contribution in [2.24, 2.45) is 0 Å². The summed E-state index contributed by atoms with van der Waals surface area (Å²) in [7, 11) is -3.73. The van der Waals surface area contributed by atoms with Gasteiger partial charge in [0.15, 0.2) is 0 Å². The zero-order valence-corrected chi connectivity index (χ0v) is 16.0. The Morgan fingerprint density at radius 1 is 1.07 bits per heavy atom. The summed E-state index contributed by atoms with van der Waals surface area (Å²) in [6.45, 7) is 0.0937. The number of benzene rings is 2. The van der Waals surface area contributed by atoms with Crippen LogP contribution in [0.15, 0.2) is 53.3 Å². The van der Waals surface area contributed by atoms with Gasteiger partial charge in [-0.15, -0.1) is 0 Å². The highest BCUT2D eigenvalue weighted by atomic mass is 32.2. The predicted octanol–water partition coefficient (Wildman–Crippen LogP) is 2.60. The third-order valence-corrected chi connectivity index (χ3v) is 6.58. The molecule has 0 bridgehead atoms. The number of aromatic nitrogens is 2. The van der Waals surface area contributed by atoms with Crippen LogP contribution in [0.25, 0.3) is 11.4 Å². The van der Waals surface area contributed by atoms with E-state index in [1.165, 1.54) is 46.8 Å². The van der Waals surface area contributed by atoms with Crippen molar-refractivity contribution in [3.8, 4) is 11.4 Å². The van der Waals surface area contributed by atoms with E-state index in [4.69, 9.17) is 0 Å². The Morgan fingerprint density at radius 3 is 2.55 bits per heavy atom. The van der Waals surface area contributed by atoms with Gasteiger partial charge in [0.1, 0.15) is 17.5 Å². The van der Waals surface area contributed by atoms with E-state index in [9.17, 15) is 22.0 Å². The van der Waals surface area contributed by atoms with Gasteiger partial charge in [-0.2, -0.15) is 4.31 Å². The van der Waals surface area contributed by atoms with Gasteiger partial charge in [0.05, 0.1) is 18.0 Å². The lowest BCUT2D eigenvalue weighted by atomic mass is 10.1. The molecule has 150 valence electrons. The lowest BCUT2D eigenvalue weighted by Gasteiger charge is -2.27. The molecule has 0 amide bonds. The molecule has 0 unspecified atom stereocenters. The number of aromatic amines is 1. The summed E-state index contributed by atoms with van der Waals surface area (Å²) < 4.78 is 53.4. The third kappa shape index (κ3) is 4.10. The van der Waals surface area contributed by atoms with Gasteiger partial charge < -0.3 is 4.98 Å². The number of hydrogen-bond acceptors (Lipinski definition) is 4. The highest BCUT2D eigenvalue weighted by Gasteiger charge is 2.29. The van der Waals surface area contributed by atoms with Gasteiger partial charge in [0.25, 0.3) is 5.56 Å². The van der Waals surface area contributed by atoms with Crippen LogP contribution in [-0.2, 0) is 28.7 Å². The highest BCUT2D eigenvalue weighted by molar-refractivity contribution is 7.88. The number of H-pyrrole nitrogens is 1. The van der Waals surface area contributed by atoms with Crippen LogP contribution in [0.2, 0.25) is 0 Å². The highest BCUT2D eigenvalue weighted by Crippen LogP contribution is 2.22. The first kappa shape index (κ1) is 19.4. The zero-order chi connectivity index (χ0) is 20.6. The van der Waals surface area contributed by atoms with Gasteiger partial charge >= 0.3 is 0 Å². The standard InChI is InChI=1S/C20H17F2N3O3S/c21-15-6-4-14(5-7-15)19-23-18-11-25(9-8-17(18)20(26)24-19)29(27,28)12-13-2-1-3-16(22)10-13/h1-7,10H,8-9,11-12H2,(H,23,24,26). The summed E-state index contributed by atoms with van der Waals surface area (Å²) >= 11 is 0. The summed E-state index contributed by atoms with van der Waals surface area (Å²) in [5.41, 5.74) is 1.33. The number of nitrogens with zero attached hydrogens (tertiary/aromatic N) is 2. The smallest absolute Gasteiger partial charge is 0.254 e. The van der Waals surface area contributed by atoms with Gasteiger partial charge in [-0.05, 0) is 48.4 Å². The van der Waals surface area contributed by atoms with E-state index < -0.39 is 21.7 Å². The van der Waals surface area contributed by atoms with Gasteiger partial charge in [0.2, 0.25) is 10.0 Å². The van der Waals surface area contributed by atoms with Crippen LogP contribution in [0.5, 0.6) is 0 Å². The molecule has 29 heavy (non-hydrogen) atoms. The Bertz CT molecular complexity index is 1220. The van der Waals surface area contributed by atoms with E-state index >= 15 is 0 Å². The van der Waals surface area contributed by atoms with Gasteiger partial charge in [-0.1, -0.05) is 12.1 Å². The quantitative estimate of drug-likeness (QED) is 0.707. The normalized spacial score (nSPS) is 14.6. The van der Waals surface area contributed by atoms with E-state index in [0.717, 1.165) is 0 Å². The molecular weight excluding hydrogens is 400 g/mol. The maximum Gasteiger partial charge on any atom is 0.254 e. The van der Waals surface area contributed by atoms with Crippen molar-refractivity contribution < 1.29 is 17.2 Å². The van der Waals surface area contributed by atoms with Crippen molar-refractivity contribution in [1.29, 1.82) is 0 Å². The Hall–Kier alpha value is -2.91. The van der Waals surface area contributed by atoms with E-state index in [1.54, 1.807) is 6.07 Å². The second-order valence-corrected chi connectivity index (χ2v) is 8.79. The maximum atomic E-state index is 13.4. The third-order valence-electron chi connectivity index (χ3n) is 4.79. The maximum absolute atomic E-state index is 13.4. The Labute approximate surface area is 165 Å². The SMILES string of the molecule is O=c1[nH]c(-c2ccc(F)cc2)nc2c1CCN(S(=O)(=O)Cc1cccc(F)c1)C2. The minimum absolute atomic E-state index is 0.0505. The van der Waals surface area contributed by atoms with Crippen LogP contribution in [-0.4, -0.2) is 29.2 Å². The van der Waals surface area contributed by atoms with Gasteiger partial charge in [-0.25, -0.2) is 22.2 Å². The lowest BCUT2D eigenvalue weighted by molar-refractivity contribution is 0.383. The molecule has 1 N–H and O–H groups in total. The Balaban J connectivity index is 1.63. The molecule has 0 aliphatic carbocycles. The number of hydrogen-bond donors (Lipinski definition) is 1. The predicted molar refractivity (Wildman–Crippen MR) is 103 cm³/mol. The molecule has 1 aliphatic rings. The van der Waals surface area contributed by atoms with E-state index in [0.29, 0.717) is 22.4 Å². The molecule has 0 spiro atoms. The topological polar surface area (TPSA) is 83.1 Å². The van der Waals surface area contributed by atoms with Crippen LogP contribution in [0.4, 0.5) is 8.78 Å². The molecule has 0 saturated carbocycles.